The third kappa shape index (κ3) is 3.92. The fraction of sp³-hybridized carbons (Fsp3) is 0.294. The Kier molecular flexibility index (Phi) is 4.83. The Hall–Kier alpha value is -1.76. The van der Waals surface area contributed by atoms with E-state index in [1.807, 2.05) is 12.1 Å². The Labute approximate surface area is 109 Å². The molecule has 2 aromatic rings. The van der Waals surface area contributed by atoms with Gasteiger partial charge in [-0.3, -0.25) is 0 Å². The van der Waals surface area contributed by atoms with E-state index in [1.165, 1.54) is 17.5 Å². The molecule has 0 saturated heterocycles. The molecule has 0 saturated carbocycles. The van der Waals surface area contributed by atoms with Gasteiger partial charge in [0.15, 0.2) is 0 Å². The lowest BCUT2D eigenvalue weighted by atomic mass is 10.1. The minimum Gasteiger partial charge on any atom is -0.493 e. The molecule has 1 heteroatoms. The first-order valence-electron chi connectivity index (χ1n) is 6.64. The number of benzene rings is 2. The van der Waals surface area contributed by atoms with E-state index < -0.39 is 0 Å². The summed E-state index contributed by atoms with van der Waals surface area (Å²) in [5.41, 5.74) is 2.68. The lowest BCUT2D eigenvalue weighted by Crippen LogP contribution is -2.01. The van der Waals surface area contributed by atoms with E-state index in [2.05, 4.69) is 49.4 Å². The van der Waals surface area contributed by atoms with Gasteiger partial charge in [-0.1, -0.05) is 55.8 Å². The summed E-state index contributed by atoms with van der Waals surface area (Å²) in [6.45, 7) is 2.93. The average Bonchev–Trinajstić information content (AvgIpc) is 2.41. The molecule has 0 amide bonds. The summed E-state index contributed by atoms with van der Waals surface area (Å²) >= 11 is 0. The van der Waals surface area contributed by atoms with Crippen LogP contribution in [0.3, 0.4) is 0 Å². The van der Waals surface area contributed by atoms with E-state index in [4.69, 9.17) is 4.74 Å². The van der Waals surface area contributed by atoms with E-state index >= 15 is 0 Å². The minimum atomic E-state index is 0.736. The zero-order valence-corrected chi connectivity index (χ0v) is 10.9. The third-order valence-corrected chi connectivity index (χ3v) is 2.94. The molecular formula is C17H20O. The van der Waals surface area contributed by atoms with Gasteiger partial charge >= 0.3 is 0 Å². The first-order valence-corrected chi connectivity index (χ1v) is 6.64. The molecule has 0 aromatic heterocycles. The van der Waals surface area contributed by atoms with Crippen molar-refractivity contribution in [2.24, 2.45) is 0 Å². The fourth-order valence-corrected chi connectivity index (χ4v) is 2.01. The van der Waals surface area contributed by atoms with Gasteiger partial charge in [0, 0.05) is 6.42 Å². The third-order valence-electron chi connectivity index (χ3n) is 2.94. The van der Waals surface area contributed by atoms with Gasteiger partial charge in [0.1, 0.15) is 5.75 Å². The maximum Gasteiger partial charge on any atom is 0.119 e. The Morgan fingerprint density at radius 2 is 1.61 bits per heavy atom. The monoisotopic (exact) mass is 240 g/mol. The second kappa shape index (κ2) is 6.85. The van der Waals surface area contributed by atoms with Crippen LogP contribution < -0.4 is 4.74 Å². The molecule has 1 nitrogen and oxygen atoms in total. The van der Waals surface area contributed by atoms with Crippen LogP contribution in [0.4, 0.5) is 0 Å². The first kappa shape index (κ1) is 12.7. The van der Waals surface area contributed by atoms with Crippen molar-refractivity contribution in [3.8, 4) is 5.75 Å². The molecule has 94 valence electrons. The summed E-state index contributed by atoms with van der Waals surface area (Å²) in [6.07, 6.45) is 3.25. The minimum absolute atomic E-state index is 0.736. The molecule has 0 aliphatic carbocycles. The molecule has 0 bridgehead atoms. The van der Waals surface area contributed by atoms with E-state index in [0.29, 0.717) is 0 Å². The van der Waals surface area contributed by atoms with Crippen LogP contribution in [0.15, 0.2) is 54.6 Å². The lowest BCUT2D eigenvalue weighted by Gasteiger charge is -2.07. The largest absolute Gasteiger partial charge is 0.493 e. The molecule has 0 heterocycles. The van der Waals surface area contributed by atoms with Gasteiger partial charge < -0.3 is 4.74 Å². The van der Waals surface area contributed by atoms with Gasteiger partial charge in [-0.2, -0.15) is 0 Å². The molecule has 0 fully saturated rings. The SMILES string of the molecule is CCCc1cccc(OCCc2ccccc2)c1. The fourth-order valence-electron chi connectivity index (χ4n) is 2.01. The molecule has 0 aliphatic heterocycles. The van der Waals surface area contributed by atoms with Crippen LogP contribution in [-0.4, -0.2) is 6.61 Å². The van der Waals surface area contributed by atoms with Crippen LogP contribution in [0.5, 0.6) is 5.75 Å². The molecular weight excluding hydrogens is 220 g/mol. The topological polar surface area (TPSA) is 9.23 Å². The Bertz CT molecular complexity index is 462. The Morgan fingerprint density at radius 3 is 2.39 bits per heavy atom. The molecule has 0 atom stereocenters. The molecule has 0 radical (unpaired) electrons. The maximum atomic E-state index is 5.80. The van der Waals surface area contributed by atoms with Crippen molar-refractivity contribution in [2.75, 3.05) is 6.61 Å². The number of rotatable bonds is 6. The van der Waals surface area contributed by atoms with Crippen molar-refractivity contribution in [3.63, 3.8) is 0 Å². The van der Waals surface area contributed by atoms with Crippen molar-refractivity contribution in [1.82, 2.24) is 0 Å². The zero-order chi connectivity index (χ0) is 12.6. The summed E-state index contributed by atoms with van der Waals surface area (Å²) in [7, 11) is 0. The van der Waals surface area contributed by atoms with Gasteiger partial charge in [0.25, 0.3) is 0 Å². The molecule has 2 rings (SSSR count). The van der Waals surface area contributed by atoms with Crippen LogP contribution in [-0.2, 0) is 12.8 Å². The van der Waals surface area contributed by atoms with Crippen LogP contribution in [0.1, 0.15) is 24.5 Å². The highest BCUT2D eigenvalue weighted by atomic mass is 16.5. The standard InChI is InChI=1S/C17H20O/c1-2-7-16-10-6-11-17(14-16)18-13-12-15-8-4-3-5-9-15/h3-6,8-11,14H,2,7,12-13H2,1H3. The van der Waals surface area contributed by atoms with E-state index in [1.54, 1.807) is 0 Å². The van der Waals surface area contributed by atoms with Crippen molar-refractivity contribution >= 4 is 0 Å². The number of aryl methyl sites for hydroxylation is 1. The second-order valence-corrected chi connectivity index (χ2v) is 4.48. The van der Waals surface area contributed by atoms with Gasteiger partial charge in [-0.25, -0.2) is 0 Å². The van der Waals surface area contributed by atoms with Gasteiger partial charge in [0.2, 0.25) is 0 Å². The van der Waals surface area contributed by atoms with Crippen LogP contribution in [0.2, 0.25) is 0 Å². The van der Waals surface area contributed by atoms with Crippen molar-refractivity contribution in [3.05, 3.63) is 65.7 Å². The maximum absolute atomic E-state index is 5.80. The first-order chi connectivity index (χ1) is 8.88. The summed E-state index contributed by atoms with van der Waals surface area (Å²) in [5, 5.41) is 0. The predicted octanol–water partition coefficient (Wildman–Crippen LogP) is 4.26. The van der Waals surface area contributed by atoms with E-state index in [9.17, 15) is 0 Å². The van der Waals surface area contributed by atoms with Crippen LogP contribution >= 0.6 is 0 Å². The highest BCUT2D eigenvalue weighted by molar-refractivity contribution is 5.28. The lowest BCUT2D eigenvalue weighted by molar-refractivity contribution is 0.321. The highest BCUT2D eigenvalue weighted by Crippen LogP contribution is 2.15. The van der Waals surface area contributed by atoms with Gasteiger partial charge in [-0.15, -0.1) is 0 Å². The van der Waals surface area contributed by atoms with E-state index in [-0.39, 0.29) is 0 Å². The molecule has 18 heavy (non-hydrogen) atoms. The Morgan fingerprint density at radius 1 is 0.833 bits per heavy atom. The molecule has 0 unspecified atom stereocenters. The zero-order valence-electron chi connectivity index (χ0n) is 10.9. The molecule has 2 aromatic carbocycles. The van der Waals surface area contributed by atoms with Crippen LogP contribution in [0, 0.1) is 0 Å². The number of hydrogen-bond acceptors (Lipinski definition) is 1. The highest BCUT2D eigenvalue weighted by Gasteiger charge is 1.97. The van der Waals surface area contributed by atoms with Crippen LogP contribution in [0.25, 0.3) is 0 Å². The predicted molar refractivity (Wildman–Crippen MR) is 76.1 cm³/mol. The van der Waals surface area contributed by atoms with Crippen molar-refractivity contribution in [1.29, 1.82) is 0 Å². The molecule has 0 spiro atoms. The average molecular weight is 240 g/mol. The normalized spacial score (nSPS) is 10.3. The van der Waals surface area contributed by atoms with Gasteiger partial charge in [0.05, 0.1) is 6.61 Å². The second-order valence-electron chi connectivity index (χ2n) is 4.48. The number of ether oxygens (including phenoxy) is 1. The van der Waals surface area contributed by atoms with Gasteiger partial charge in [-0.05, 0) is 29.7 Å². The number of hydrogen-bond donors (Lipinski definition) is 0. The van der Waals surface area contributed by atoms with Crippen molar-refractivity contribution < 1.29 is 4.74 Å². The quantitative estimate of drug-likeness (QED) is 0.733. The summed E-state index contributed by atoms with van der Waals surface area (Å²) in [6, 6.07) is 18.9. The molecule has 0 N–H and O–H groups in total. The smallest absolute Gasteiger partial charge is 0.119 e. The summed E-state index contributed by atoms with van der Waals surface area (Å²) in [5.74, 6) is 0.983. The van der Waals surface area contributed by atoms with E-state index in [0.717, 1.165) is 25.2 Å². The van der Waals surface area contributed by atoms with Crippen molar-refractivity contribution in [2.45, 2.75) is 26.2 Å². The summed E-state index contributed by atoms with van der Waals surface area (Å²) in [4.78, 5) is 0. The summed E-state index contributed by atoms with van der Waals surface area (Å²) < 4.78 is 5.80. The Balaban J connectivity index is 1.84. The molecule has 0 aliphatic rings.